The van der Waals surface area contributed by atoms with Gasteiger partial charge in [0.15, 0.2) is 0 Å². The summed E-state index contributed by atoms with van der Waals surface area (Å²) in [6.07, 6.45) is -1.14. The van der Waals surface area contributed by atoms with Crippen LogP contribution in [0.25, 0.3) is 5.70 Å². The molecule has 3 rings (SSSR count). The van der Waals surface area contributed by atoms with E-state index >= 15 is 0 Å². The fourth-order valence-electron chi connectivity index (χ4n) is 2.10. The summed E-state index contributed by atoms with van der Waals surface area (Å²) in [5.41, 5.74) is 0.341. The molecule has 7 heteroatoms. The highest BCUT2D eigenvalue weighted by atomic mass is 35.5. The molecule has 0 fully saturated rings. The number of hydrogen-bond donors (Lipinski definition) is 1. The minimum absolute atomic E-state index is 0.433. The van der Waals surface area contributed by atoms with E-state index in [2.05, 4.69) is 10.4 Å². The van der Waals surface area contributed by atoms with E-state index in [0.29, 0.717) is 28.6 Å². The topological polar surface area (TPSA) is 29.9 Å². The summed E-state index contributed by atoms with van der Waals surface area (Å²) in [4.78, 5) is 0. The van der Waals surface area contributed by atoms with Gasteiger partial charge in [-0.25, -0.2) is 4.68 Å². The van der Waals surface area contributed by atoms with Crippen molar-refractivity contribution in [3.8, 4) is 0 Å². The molecule has 2 heterocycles. The number of nitrogens with zero attached hydrogens (tertiary/aromatic N) is 2. The highest BCUT2D eigenvalue weighted by molar-refractivity contribution is 6.33. The second-order valence-corrected chi connectivity index (χ2v) is 4.71. The average molecular weight is 300 g/mol. The molecule has 0 unspecified atom stereocenters. The van der Waals surface area contributed by atoms with Crippen LogP contribution >= 0.6 is 11.6 Å². The fraction of sp³-hybridized carbons (Fsp3) is 0.154. The Bertz CT molecular complexity index is 688. The highest BCUT2D eigenvalue weighted by Crippen LogP contribution is 2.34. The van der Waals surface area contributed by atoms with Gasteiger partial charge in [0.05, 0.1) is 17.5 Å². The number of hydrogen-bond acceptors (Lipinski definition) is 2. The van der Waals surface area contributed by atoms with Crippen molar-refractivity contribution in [1.82, 2.24) is 9.78 Å². The lowest BCUT2D eigenvalue weighted by Crippen LogP contribution is -2.15. The van der Waals surface area contributed by atoms with Gasteiger partial charge < -0.3 is 5.32 Å². The summed E-state index contributed by atoms with van der Waals surface area (Å²) in [6.45, 7) is 0.483. The van der Waals surface area contributed by atoms with E-state index in [4.69, 9.17) is 11.6 Å². The van der Waals surface area contributed by atoms with Crippen LogP contribution in [0.15, 0.2) is 36.5 Å². The summed E-state index contributed by atoms with van der Waals surface area (Å²) in [7, 11) is 0. The van der Waals surface area contributed by atoms with E-state index in [0.717, 1.165) is 12.1 Å². The summed E-state index contributed by atoms with van der Waals surface area (Å²) < 4.78 is 39.8. The lowest BCUT2D eigenvalue weighted by molar-refractivity contribution is -0.137. The number of nitrogens with one attached hydrogen (secondary N) is 1. The van der Waals surface area contributed by atoms with E-state index in [1.54, 1.807) is 12.1 Å². The molecular formula is C13H9ClF3N3. The van der Waals surface area contributed by atoms with Crippen molar-refractivity contribution in [3.05, 3.63) is 52.7 Å². The van der Waals surface area contributed by atoms with Gasteiger partial charge in [-0.1, -0.05) is 23.7 Å². The highest BCUT2D eigenvalue weighted by Gasteiger charge is 2.31. The van der Waals surface area contributed by atoms with Gasteiger partial charge in [-0.05, 0) is 18.2 Å². The predicted octanol–water partition coefficient (Wildman–Crippen LogP) is 3.87. The molecule has 0 bridgehead atoms. The largest absolute Gasteiger partial charge is 0.416 e. The minimum Gasteiger partial charge on any atom is -0.365 e. The number of anilines is 1. The van der Waals surface area contributed by atoms with Crippen LogP contribution in [0.4, 0.5) is 19.0 Å². The SMILES string of the molecule is FC(F)(F)c1cccc(C2=CCNc3c(Cl)cnn32)c1. The molecule has 1 aromatic carbocycles. The molecular weight excluding hydrogens is 291 g/mol. The van der Waals surface area contributed by atoms with Crippen molar-refractivity contribution in [2.75, 3.05) is 11.9 Å². The van der Waals surface area contributed by atoms with E-state index < -0.39 is 11.7 Å². The maximum Gasteiger partial charge on any atom is 0.416 e. The van der Waals surface area contributed by atoms with E-state index in [-0.39, 0.29) is 0 Å². The second-order valence-electron chi connectivity index (χ2n) is 4.30. The molecule has 20 heavy (non-hydrogen) atoms. The van der Waals surface area contributed by atoms with Crippen molar-refractivity contribution in [1.29, 1.82) is 0 Å². The number of fused-ring (bicyclic) bond motifs is 1. The maximum atomic E-state index is 12.8. The molecule has 1 N–H and O–H groups in total. The van der Waals surface area contributed by atoms with Gasteiger partial charge in [-0.2, -0.15) is 18.3 Å². The molecule has 1 aliphatic heterocycles. The third kappa shape index (κ3) is 2.16. The van der Waals surface area contributed by atoms with Crippen LogP contribution in [0.1, 0.15) is 11.1 Å². The molecule has 0 saturated heterocycles. The summed E-state index contributed by atoms with van der Waals surface area (Å²) >= 11 is 5.96. The molecule has 104 valence electrons. The third-order valence-electron chi connectivity index (χ3n) is 3.00. The minimum atomic E-state index is -4.37. The Kier molecular flexibility index (Phi) is 2.97. The number of alkyl halides is 3. The Hall–Kier alpha value is -1.95. The maximum absolute atomic E-state index is 12.8. The molecule has 0 radical (unpaired) electrons. The number of aromatic nitrogens is 2. The molecule has 1 aromatic heterocycles. The molecule has 0 spiro atoms. The Morgan fingerprint density at radius 3 is 2.85 bits per heavy atom. The molecule has 0 atom stereocenters. The first kappa shape index (κ1) is 13.1. The van der Waals surface area contributed by atoms with Crippen molar-refractivity contribution >= 4 is 23.1 Å². The van der Waals surface area contributed by atoms with Crippen LogP contribution in [-0.2, 0) is 6.18 Å². The molecule has 0 saturated carbocycles. The molecule has 0 aliphatic carbocycles. The quantitative estimate of drug-likeness (QED) is 0.866. The number of halogens is 4. The Balaban J connectivity index is 2.08. The first-order valence-electron chi connectivity index (χ1n) is 5.82. The standard InChI is InChI=1S/C13H9ClF3N3/c14-10-7-19-20-11(4-5-18-12(10)20)8-2-1-3-9(6-8)13(15,16)17/h1-4,6-7,18H,5H2. The predicted molar refractivity (Wildman–Crippen MR) is 70.5 cm³/mol. The normalized spacial score (nSPS) is 14.5. The van der Waals surface area contributed by atoms with Gasteiger partial charge in [-0.15, -0.1) is 0 Å². The zero-order valence-electron chi connectivity index (χ0n) is 10.1. The van der Waals surface area contributed by atoms with Crippen molar-refractivity contribution in [2.45, 2.75) is 6.18 Å². The van der Waals surface area contributed by atoms with Gasteiger partial charge in [-0.3, -0.25) is 0 Å². The zero-order valence-corrected chi connectivity index (χ0v) is 10.8. The Morgan fingerprint density at radius 2 is 2.10 bits per heavy atom. The van der Waals surface area contributed by atoms with Gasteiger partial charge in [0.25, 0.3) is 0 Å². The lowest BCUT2D eigenvalue weighted by atomic mass is 10.1. The summed E-state index contributed by atoms with van der Waals surface area (Å²) in [5, 5.41) is 7.54. The molecule has 0 amide bonds. The molecule has 3 nitrogen and oxygen atoms in total. The van der Waals surface area contributed by atoms with Gasteiger partial charge in [0, 0.05) is 12.1 Å². The number of benzene rings is 1. The summed E-state index contributed by atoms with van der Waals surface area (Å²) in [5.74, 6) is 0.585. The van der Waals surface area contributed by atoms with Gasteiger partial charge in [0.1, 0.15) is 10.8 Å². The van der Waals surface area contributed by atoms with E-state index in [1.165, 1.54) is 16.9 Å². The zero-order chi connectivity index (χ0) is 14.3. The van der Waals surface area contributed by atoms with Crippen LogP contribution in [0.2, 0.25) is 5.02 Å². The van der Waals surface area contributed by atoms with Crippen LogP contribution in [-0.4, -0.2) is 16.3 Å². The second kappa shape index (κ2) is 4.56. The lowest BCUT2D eigenvalue weighted by Gasteiger charge is -2.19. The Labute approximate surface area is 117 Å². The average Bonchev–Trinajstić information content (AvgIpc) is 2.80. The fourth-order valence-corrected chi connectivity index (χ4v) is 2.29. The third-order valence-corrected chi connectivity index (χ3v) is 3.28. The van der Waals surface area contributed by atoms with Crippen LogP contribution in [0, 0.1) is 0 Å². The first-order chi connectivity index (χ1) is 9.47. The van der Waals surface area contributed by atoms with Gasteiger partial charge >= 0.3 is 6.18 Å². The van der Waals surface area contributed by atoms with Crippen LogP contribution in [0.5, 0.6) is 0 Å². The van der Waals surface area contributed by atoms with Crippen LogP contribution in [0.3, 0.4) is 0 Å². The van der Waals surface area contributed by atoms with Crippen molar-refractivity contribution in [2.24, 2.45) is 0 Å². The van der Waals surface area contributed by atoms with E-state index in [1.807, 2.05) is 0 Å². The smallest absolute Gasteiger partial charge is 0.365 e. The molecule has 1 aliphatic rings. The number of rotatable bonds is 1. The van der Waals surface area contributed by atoms with Crippen molar-refractivity contribution < 1.29 is 13.2 Å². The Morgan fingerprint density at radius 1 is 1.30 bits per heavy atom. The van der Waals surface area contributed by atoms with E-state index in [9.17, 15) is 13.2 Å². The van der Waals surface area contributed by atoms with Crippen molar-refractivity contribution in [3.63, 3.8) is 0 Å². The van der Waals surface area contributed by atoms with Crippen LogP contribution < -0.4 is 5.32 Å². The molecule has 2 aromatic rings. The van der Waals surface area contributed by atoms with Gasteiger partial charge in [0.2, 0.25) is 0 Å². The monoisotopic (exact) mass is 299 g/mol. The summed E-state index contributed by atoms with van der Waals surface area (Å²) in [6, 6.07) is 5.15. The first-order valence-corrected chi connectivity index (χ1v) is 6.20.